The van der Waals surface area contributed by atoms with Crippen molar-refractivity contribution in [3.05, 3.63) is 0 Å². The largest absolute Gasteiger partial charge is 0.354 e. The predicted octanol–water partition coefficient (Wildman–Crippen LogP) is 1.20. The Morgan fingerprint density at radius 1 is 1.44 bits per heavy atom. The van der Waals surface area contributed by atoms with Crippen LogP contribution >= 0.6 is 0 Å². The van der Waals surface area contributed by atoms with Crippen molar-refractivity contribution in [1.82, 2.24) is 4.90 Å². The summed E-state index contributed by atoms with van der Waals surface area (Å²) in [5.41, 5.74) is 5.73. The predicted molar refractivity (Wildman–Crippen MR) is 65.3 cm³/mol. The van der Waals surface area contributed by atoms with Gasteiger partial charge in [0.25, 0.3) is 0 Å². The molecule has 4 heteroatoms. The van der Waals surface area contributed by atoms with Gasteiger partial charge in [-0.2, -0.15) is 0 Å². The molecule has 0 aromatic heterocycles. The fourth-order valence-electron chi connectivity index (χ4n) is 2.89. The van der Waals surface area contributed by atoms with E-state index in [4.69, 9.17) is 15.2 Å². The van der Waals surface area contributed by atoms with E-state index in [9.17, 15) is 0 Å². The van der Waals surface area contributed by atoms with Gasteiger partial charge in [-0.25, -0.2) is 0 Å². The highest BCUT2D eigenvalue weighted by molar-refractivity contribution is 4.96. The molecule has 1 heterocycles. The molecular formula is C12H26N2O2. The Balaban J connectivity index is 2.85. The number of methoxy groups -OCH3 is 2. The molecule has 1 fully saturated rings. The van der Waals surface area contributed by atoms with Crippen LogP contribution in [-0.4, -0.2) is 50.1 Å². The summed E-state index contributed by atoms with van der Waals surface area (Å²) in [4.78, 5) is 2.46. The molecule has 2 atom stereocenters. The maximum absolute atomic E-state index is 5.95. The van der Waals surface area contributed by atoms with E-state index in [2.05, 4.69) is 18.7 Å². The summed E-state index contributed by atoms with van der Waals surface area (Å²) in [7, 11) is 3.36. The molecule has 16 heavy (non-hydrogen) atoms. The van der Waals surface area contributed by atoms with Gasteiger partial charge < -0.3 is 15.2 Å². The summed E-state index contributed by atoms with van der Waals surface area (Å²) in [6.45, 7) is 6.01. The van der Waals surface area contributed by atoms with Crippen molar-refractivity contribution in [3.63, 3.8) is 0 Å². The molecule has 0 aromatic carbocycles. The fourth-order valence-corrected chi connectivity index (χ4v) is 2.89. The minimum absolute atomic E-state index is 0.222. The maximum atomic E-state index is 5.95. The average molecular weight is 230 g/mol. The summed E-state index contributed by atoms with van der Waals surface area (Å²) in [5, 5.41) is 0. The first kappa shape index (κ1) is 13.9. The third kappa shape index (κ3) is 2.40. The summed E-state index contributed by atoms with van der Waals surface area (Å²) in [5.74, 6) is 0. The summed E-state index contributed by atoms with van der Waals surface area (Å²) >= 11 is 0. The van der Waals surface area contributed by atoms with Gasteiger partial charge in [0.1, 0.15) is 0 Å². The lowest BCUT2D eigenvalue weighted by Crippen LogP contribution is -2.61. The molecular weight excluding hydrogens is 204 g/mol. The second kappa shape index (κ2) is 5.96. The first-order valence-electron chi connectivity index (χ1n) is 6.16. The Morgan fingerprint density at radius 2 is 2.06 bits per heavy atom. The normalized spacial score (nSPS) is 26.2. The zero-order valence-corrected chi connectivity index (χ0v) is 11.0. The van der Waals surface area contributed by atoms with Crippen molar-refractivity contribution in [3.8, 4) is 0 Å². The molecule has 0 radical (unpaired) electrons. The van der Waals surface area contributed by atoms with Gasteiger partial charge in [0.2, 0.25) is 0 Å². The summed E-state index contributed by atoms with van der Waals surface area (Å²) in [6.07, 6.45) is 3.40. The Hall–Kier alpha value is -0.160. The fraction of sp³-hybridized carbons (Fsp3) is 1.00. The van der Waals surface area contributed by atoms with E-state index in [0.717, 1.165) is 13.0 Å². The van der Waals surface area contributed by atoms with Gasteiger partial charge in [-0.3, -0.25) is 4.90 Å². The number of nitrogens with zero attached hydrogens (tertiary/aromatic N) is 1. The number of hydrogen-bond donors (Lipinski definition) is 1. The number of nitrogens with two attached hydrogens (primary N) is 1. The first-order valence-corrected chi connectivity index (χ1v) is 6.16. The van der Waals surface area contributed by atoms with E-state index in [1.807, 2.05) is 0 Å². The van der Waals surface area contributed by atoms with Crippen molar-refractivity contribution in [2.24, 2.45) is 5.73 Å². The molecule has 0 aromatic rings. The second-order valence-corrected chi connectivity index (χ2v) is 4.76. The van der Waals surface area contributed by atoms with Crippen molar-refractivity contribution in [2.45, 2.75) is 51.0 Å². The van der Waals surface area contributed by atoms with E-state index in [-0.39, 0.29) is 11.8 Å². The van der Waals surface area contributed by atoms with Crippen LogP contribution < -0.4 is 5.73 Å². The monoisotopic (exact) mass is 230 g/mol. The lowest BCUT2D eigenvalue weighted by molar-refractivity contribution is -0.183. The SMILES string of the molecule is CCC1CCCN1C(C)(CN)C(OC)OC. The van der Waals surface area contributed by atoms with Crippen LogP contribution in [0.5, 0.6) is 0 Å². The lowest BCUT2D eigenvalue weighted by atomic mass is 9.97. The van der Waals surface area contributed by atoms with Crippen LogP contribution in [0.25, 0.3) is 0 Å². The van der Waals surface area contributed by atoms with E-state index < -0.39 is 0 Å². The van der Waals surface area contributed by atoms with Gasteiger partial charge in [-0.05, 0) is 32.7 Å². The maximum Gasteiger partial charge on any atom is 0.176 e. The number of ether oxygens (including phenoxy) is 2. The van der Waals surface area contributed by atoms with Crippen LogP contribution in [-0.2, 0) is 9.47 Å². The third-order valence-corrected chi connectivity index (χ3v) is 3.85. The first-order chi connectivity index (χ1) is 7.63. The molecule has 1 rings (SSSR count). The Morgan fingerprint density at radius 3 is 2.50 bits per heavy atom. The van der Waals surface area contributed by atoms with Crippen LogP contribution in [0.1, 0.15) is 33.1 Å². The van der Waals surface area contributed by atoms with Crippen molar-refractivity contribution in [2.75, 3.05) is 27.3 Å². The highest BCUT2D eigenvalue weighted by Gasteiger charge is 2.44. The molecule has 0 saturated carbocycles. The van der Waals surface area contributed by atoms with E-state index in [0.29, 0.717) is 12.6 Å². The third-order valence-electron chi connectivity index (χ3n) is 3.85. The molecule has 0 bridgehead atoms. The van der Waals surface area contributed by atoms with Crippen LogP contribution in [0.2, 0.25) is 0 Å². The van der Waals surface area contributed by atoms with Gasteiger partial charge in [0.15, 0.2) is 6.29 Å². The molecule has 4 nitrogen and oxygen atoms in total. The van der Waals surface area contributed by atoms with Crippen LogP contribution in [0.4, 0.5) is 0 Å². The van der Waals surface area contributed by atoms with Crippen LogP contribution in [0.15, 0.2) is 0 Å². The van der Waals surface area contributed by atoms with Gasteiger partial charge in [-0.15, -0.1) is 0 Å². The summed E-state index contributed by atoms with van der Waals surface area (Å²) < 4.78 is 10.8. The molecule has 96 valence electrons. The molecule has 1 aliphatic rings. The second-order valence-electron chi connectivity index (χ2n) is 4.76. The van der Waals surface area contributed by atoms with E-state index in [1.54, 1.807) is 14.2 Å². The quantitative estimate of drug-likeness (QED) is 0.697. The number of hydrogen-bond acceptors (Lipinski definition) is 4. The topological polar surface area (TPSA) is 47.7 Å². The molecule has 1 aliphatic heterocycles. The lowest BCUT2D eigenvalue weighted by Gasteiger charge is -2.45. The van der Waals surface area contributed by atoms with Crippen LogP contribution in [0, 0.1) is 0 Å². The number of rotatable bonds is 6. The van der Waals surface area contributed by atoms with Crippen LogP contribution in [0.3, 0.4) is 0 Å². The van der Waals surface area contributed by atoms with Gasteiger partial charge in [0, 0.05) is 26.8 Å². The molecule has 2 N–H and O–H groups in total. The van der Waals surface area contributed by atoms with Crippen molar-refractivity contribution >= 4 is 0 Å². The Labute approximate surface area is 99.1 Å². The average Bonchev–Trinajstić information content (AvgIpc) is 2.78. The molecule has 0 spiro atoms. The minimum Gasteiger partial charge on any atom is -0.354 e. The summed E-state index contributed by atoms with van der Waals surface area (Å²) in [6, 6.07) is 0.612. The molecule has 0 amide bonds. The van der Waals surface area contributed by atoms with E-state index in [1.165, 1.54) is 12.8 Å². The zero-order valence-electron chi connectivity index (χ0n) is 11.0. The highest BCUT2D eigenvalue weighted by Crippen LogP contribution is 2.31. The van der Waals surface area contributed by atoms with Gasteiger partial charge >= 0.3 is 0 Å². The molecule has 2 unspecified atom stereocenters. The molecule has 0 aliphatic carbocycles. The smallest absolute Gasteiger partial charge is 0.176 e. The Kier molecular flexibility index (Phi) is 5.18. The molecule has 1 saturated heterocycles. The van der Waals surface area contributed by atoms with Gasteiger partial charge in [-0.1, -0.05) is 6.92 Å². The van der Waals surface area contributed by atoms with E-state index >= 15 is 0 Å². The minimum atomic E-state index is -0.260. The zero-order chi connectivity index (χ0) is 12.2. The highest BCUT2D eigenvalue weighted by atomic mass is 16.7. The van der Waals surface area contributed by atoms with Crippen molar-refractivity contribution in [1.29, 1.82) is 0 Å². The van der Waals surface area contributed by atoms with Gasteiger partial charge in [0.05, 0.1) is 5.54 Å². The Bertz CT molecular complexity index is 209. The number of likely N-dealkylation sites (tertiary alicyclic amines) is 1. The van der Waals surface area contributed by atoms with Crippen molar-refractivity contribution < 1.29 is 9.47 Å². The standard InChI is InChI=1S/C12H26N2O2/c1-5-10-7-6-8-14(10)12(2,9-13)11(15-3)16-4/h10-11H,5-9,13H2,1-4H3.